The minimum atomic E-state index is -0.506. The summed E-state index contributed by atoms with van der Waals surface area (Å²) in [4.78, 5) is 23.6. The standard InChI is InChI=1S/C14H25NO3/c1-4-10(2)13(14(17)18-3)15-12(16)9-11-7-5-6-8-11/h10-11,13H,4-9H2,1-3H3,(H,15,16)/t10-,13-/m1/s1. The van der Waals surface area contributed by atoms with Gasteiger partial charge in [-0.25, -0.2) is 4.79 Å². The van der Waals surface area contributed by atoms with Gasteiger partial charge in [-0.1, -0.05) is 33.1 Å². The molecule has 0 aromatic heterocycles. The van der Waals surface area contributed by atoms with Crippen molar-refractivity contribution in [3.8, 4) is 0 Å². The Balaban J connectivity index is 2.48. The molecule has 1 aliphatic rings. The van der Waals surface area contributed by atoms with Crippen molar-refractivity contribution in [3.63, 3.8) is 0 Å². The van der Waals surface area contributed by atoms with E-state index in [2.05, 4.69) is 5.32 Å². The number of hydrogen-bond donors (Lipinski definition) is 1. The van der Waals surface area contributed by atoms with E-state index in [0.29, 0.717) is 12.3 Å². The lowest BCUT2D eigenvalue weighted by atomic mass is 9.98. The van der Waals surface area contributed by atoms with Gasteiger partial charge in [0, 0.05) is 6.42 Å². The molecule has 0 unspecified atom stereocenters. The van der Waals surface area contributed by atoms with Crippen LogP contribution in [-0.4, -0.2) is 25.0 Å². The Hall–Kier alpha value is -1.06. The van der Waals surface area contributed by atoms with Crippen LogP contribution in [0.5, 0.6) is 0 Å². The zero-order valence-corrected chi connectivity index (χ0v) is 11.7. The highest BCUT2D eigenvalue weighted by molar-refractivity contribution is 5.84. The van der Waals surface area contributed by atoms with E-state index in [1.807, 2.05) is 13.8 Å². The highest BCUT2D eigenvalue weighted by Gasteiger charge is 2.28. The van der Waals surface area contributed by atoms with Gasteiger partial charge in [0.1, 0.15) is 6.04 Å². The quantitative estimate of drug-likeness (QED) is 0.741. The molecule has 0 spiro atoms. The Bertz CT molecular complexity index is 285. The van der Waals surface area contributed by atoms with Crippen molar-refractivity contribution in [1.29, 1.82) is 0 Å². The van der Waals surface area contributed by atoms with Gasteiger partial charge < -0.3 is 10.1 Å². The lowest BCUT2D eigenvalue weighted by Gasteiger charge is -2.22. The van der Waals surface area contributed by atoms with Crippen molar-refractivity contribution in [3.05, 3.63) is 0 Å². The first-order valence-electron chi connectivity index (χ1n) is 6.95. The minimum Gasteiger partial charge on any atom is -0.467 e. The molecular weight excluding hydrogens is 230 g/mol. The van der Waals surface area contributed by atoms with Gasteiger partial charge in [0.15, 0.2) is 0 Å². The van der Waals surface area contributed by atoms with Crippen molar-refractivity contribution >= 4 is 11.9 Å². The highest BCUT2D eigenvalue weighted by atomic mass is 16.5. The van der Waals surface area contributed by atoms with Crippen molar-refractivity contribution in [2.24, 2.45) is 11.8 Å². The van der Waals surface area contributed by atoms with Gasteiger partial charge in [0.2, 0.25) is 5.91 Å². The van der Waals surface area contributed by atoms with Gasteiger partial charge in [-0.05, 0) is 24.7 Å². The van der Waals surface area contributed by atoms with Crippen molar-refractivity contribution < 1.29 is 14.3 Å². The molecule has 4 heteroatoms. The van der Waals surface area contributed by atoms with Gasteiger partial charge in [0.05, 0.1) is 7.11 Å². The predicted molar refractivity (Wildman–Crippen MR) is 70.0 cm³/mol. The maximum atomic E-state index is 11.9. The van der Waals surface area contributed by atoms with Crippen molar-refractivity contribution in [1.82, 2.24) is 5.32 Å². The first-order valence-corrected chi connectivity index (χ1v) is 6.95. The van der Waals surface area contributed by atoms with Gasteiger partial charge in [-0.2, -0.15) is 0 Å². The van der Waals surface area contributed by atoms with E-state index in [9.17, 15) is 9.59 Å². The van der Waals surface area contributed by atoms with E-state index in [0.717, 1.165) is 19.3 Å². The summed E-state index contributed by atoms with van der Waals surface area (Å²) in [5.74, 6) is 0.243. The molecular formula is C14H25NO3. The highest BCUT2D eigenvalue weighted by Crippen LogP contribution is 2.27. The summed E-state index contributed by atoms with van der Waals surface area (Å²) >= 11 is 0. The van der Waals surface area contributed by atoms with Gasteiger partial charge in [-0.15, -0.1) is 0 Å². The summed E-state index contributed by atoms with van der Waals surface area (Å²) in [6, 6.07) is -0.506. The molecule has 0 heterocycles. The van der Waals surface area contributed by atoms with E-state index in [1.54, 1.807) is 0 Å². The van der Waals surface area contributed by atoms with Crippen LogP contribution in [0.3, 0.4) is 0 Å². The number of esters is 1. The molecule has 1 saturated carbocycles. The molecule has 104 valence electrons. The van der Waals surface area contributed by atoms with Crippen LogP contribution >= 0.6 is 0 Å². The fourth-order valence-corrected chi connectivity index (χ4v) is 2.51. The average Bonchev–Trinajstić information content (AvgIpc) is 2.86. The van der Waals surface area contributed by atoms with E-state index in [4.69, 9.17) is 4.74 Å². The first-order chi connectivity index (χ1) is 8.58. The Morgan fingerprint density at radius 2 is 1.94 bits per heavy atom. The van der Waals surface area contributed by atoms with E-state index in [1.165, 1.54) is 20.0 Å². The topological polar surface area (TPSA) is 55.4 Å². The number of hydrogen-bond acceptors (Lipinski definition) is 3. The maximum absolute atomic E-state index is 11.9. The third-order valence-corrected chi connectivity index (χ3v) is 3.93. The molecule has 0 saturated heterocycles. The largest absolute Gasteiger partial charge is 0.467 e. The molecule has 0 bridgehead atoms. The summed E-state index contributed by atoms with van der Waals surface area (Å²) in [6.45, 7) is 3.96. The summed E-state index contributed by atoms with van der Waals surface area (Å²) in [6.07, 6.45) is 6.11. The van der Waals surface area contributed by atoms with Crippen LogP contribution in [-0.2, 0) is 14.3 Å². The van der Waals surface area contributed by atoms with Gasteiger partial charge >= 0.3 is 5.97 Å². The van der Waals surface area contributed by atoms with Gasteiger partial charge in [-0.3, -0.25) is 4.79 Å². The predicted octanol–water partition coefficient (Wildman–Crippen LogP) is 2.27. The van der Waals surface area contributed by atoms with Crippen LogP contribution < -0.4 is 5.32 Å². The second-order valence-electron chi connectivity index (χ2n) is 5.31. The van der Waals surface area contributed by atoms with Crippen LogP contribution in [0.15, 0.2) is 0 Å². The Morgan fingerprint density at radius 3 is 2.44 bits per heavy atom. The smallest absolute Gasteiger partial charge is 0.328 e. The minimum absolute atomic E-state index is 0.0161. The van der Waals surface area contributed by atoms with Crippen molar-refractivity contribution in [2.45, 2.75) is 58.4 Å². The molecule has 1 rings (SSSR count). The molecule has 1 amide bonds. The molecule has 1 N–H and O–H groups in total. The van der Waals surface area contributed by atoms with E-state index in [-0.39, 0.29) is 17.8 Å². The molecule has 1 fully saturated rings. The summed E-state index contributed by atoms with van der Waals surface area (Å²) in [5, 5.41) is 2.83. The average molecular weight is 255 g/mol. The number of carbonyl (C=O) groups is 2. The number of methoxy groups -OCH3 is 1. The van der Waals surface area contributed by atoms with Crippen LogP contribution in [0.25, 0.3) is 0 Å². The number of ether oxygens (including phenoxy) is 1. The zero-order valence-electron chi connectivity index (χ0n) is 11.7. The fourth-order valence-electron chi connectivity index (χ4n) is 2.51. The zero-order chi connectivity index (χ0) is 13.5. The second kappa shape index (κ2) is 7.39. The molecule has 2 atom stereocenters. The molecule has 0 aromatic carbocycles. The second-order valence-corrected chi connectivity index (χ2v) is 5.31. The summed E-state index contributed by atoms with van der Waals surface area (Å²) in [5.41, 5.74) is 0. The summed E-state index contributed by atoms with van der Waals surface area (Å²) in [7, 11) is 1.36. The van der Waals surface area contributed by atoms with E-state index >= 15 is 0 Å². The fraction of sp³-hybridized carbons (Fsp3) is 0.857. The molecule has 1 aliphatic carbocycles. The molecule has 0 aliphatic heterocycles. The molecule has 0 radical (unpaired) electrons. The third kappa shape index (κ3) is 4.31. The van der Waals surface area contributed by atoms with Crippen molar-refractivity contribution in [2.75, 3.05) is 7.11 Å². The Kier molecular flexibility index (Phi) is 6.16. The number of nitrogens with one attached hydrogen (secondary N) is 1. The van der Waals surface area contributed by atoms with Crippen LogP contribution in [0.4, 0.5) is 0 Å². The Morgan fingerprint density at radius 1 is 1.33 bits per heavy atom. The maximum Gasteiger partial charge on any atom is 0.328 e. The van der Waals surface area contributed by atoms with Gasteiger partial charge in [0.25, 0.3) is 0 Å². The van der Waals surface area contributed by atoms with Crippen LogP contribution in [0.2, 0.25) is 0 Å². The SMILES string of the molecule is CC[C@@H](C)[C@@H](NC(=O)CC1CCCC1)C(=O)OC. The first kappa shape index (κ1) is 15.0. The summed E-state index contributed by atoms with van der Waals surface area (Å²) < 4.78 is 4.75. The monoisotopic (exact) mass is 255 g/mol. The molecule has 0 aromatic rings. The lowest BCUT2D eigenvalue weighted by molar-refractivity contribution is -0.146. The number of carbonyl (C=O) groups excluding carboxylic acids is 2. The molecule has 18 heavy (non-hydrogen) atoms. The van der Waals surface area contributed by atoms with Crippen LogP contribution in [0.1, 0.15) is 52.4 Å². The van der Waals surface area contributed by atoms with Crippen LogP contribution in [0, 0.1) is 11.8 Å². The third-order valence-electron chi connectivity index (χ3n) is 3.93. The van der Waals surface area contributed by atoms with E-state index < -0.39 is 6.04 Å². The number of rotatable bonds is 6. The molecule has 4 nitrogen and oxygen atoms in total. The lowest BCUT2D eigenvalue weighted by Crippen LogP contribution is -2.46. The normalized spacial score (nSPS) is 19.3. The number of amides is 1. The Labute approximate surface area is 109 Å².